The Hall–Kier alpha value is -0.780. The normalized spacial score (nSPS) is 21.3. The summed E-state index contributed by atoms with van der Waals surface area (Å²) in [7, 11) is 0. The molecule has 24 heavy (non-hydrogen) atoms. The van der Waals surface area contributed by atoms with Crippen molar-refractivity contribution in [2.75, 3.05) is 0 Å². The van der Waals surface area contributed by atoms with Crippen LogP contribution < -0.4 is 0 Å². The van der Waals surface area contributed by atoms with E-state index in [1.807, 2.05) is 0 Å². The van der Waals surface area contributed by atoms with Gasteiger partial charge in [0.05, 0.1) is 0 Å². The smallest absolute Gasteiger partial charge is 0.0219 e. The number of benzene rings is 1. The molecule has 0 heteroatoms. The predicted octanol–water partition coefficient (Wildman–Crippen LogP) is 8.04. The third kappa shape index (κ3) is 6.99. The fourth-order valence-electron chi connectivity index (χ4n) is 3.74. The molecule has 1 fully saturated rings. The van der Waals surface area contributed by atoms with E-state index >= 15 is 0 Å². The molecule has 138 valence electrons. The Kier molecular flexibility index (Phi) is 9.09. The summed E-state index contributed by atoms with van der Waals surface area (Å²) in [5, 5.41) is 0. The molecule has 1 aliphatic carbocycles. The van der Waals surface area contributed by atoms with Gasteiger partial charge < -0.3 is 0 Å². The largest absolute Gasteiger partial charge is 0.0625 e. The zero-order valence-electron chi connectivity index (χ0n) is 17.6. The van der Waals surface area contributed by atoms with E-state index in [-0.39, 0.29) is 0 Å². The molecular weight excluding hydrogens is 288 g/mol. The van der Waals surface area contributed by atoms with Gasteiger partial charge in [-0.15, -0.1) is 0 Å². The number of hydrogen-bond acceptors (Lipinski definition) is 0. The first kappa shape index (κ1) is 21.3. The molecule has 1 saturated carbocycles. The monoisotopic (exact) mass is 330 g/mol. The molecule has 0 aliphatic heterocycles. The van der Waals surface area contributed by atoms with Gasteiger partial charge in [-0.25, -0.2) is 0 Å². The zero-order chi connectivity index (χ0) is 18.3. The first-order valence-electron chi connectivity index (χ1n) is 10.3. The van der Waals surface area contributed by atoms with Crippen LogP contribution in [0.3, 0.4) is 0 Å². The van der Waals surface area contributed by atoms with Crippen LogP contribution in [0.4, 0.5) is 0 Å². The molecule has 1 aromatic rings. The molecule has 0 unspecified atom stereocenters. The zero-order valence-corrected chi connectivity index (χ0v) is 17.6. The molecule has 0 bridgehead atoms. The third-order valence-electron chi connectivity index (χ3n) is 5.97. The molecule has 0 N–H and O–H groups in total. The van der Waals surface area contributed by atoms with E-state index in [2.05, 4.69) is 79.7 Å². The van der Waals surface area contributed by atoms with Crippen molar-refractivity contribution in [1.82, 2.24) is 0 Å². The van der Waals surface area contributed by atoms with E-state index < -0.39 is 0 Å². The maximum absolute atomic E-state index is 2.38. The third-order valence-corrected chi connectivity index (χ3v) is 5.97. The molecule has 1 aliphatic rings. The summed E-state index contributed by atoms with van der Waals surface area (Å²) < 4.78 is 0. The molecule has 0 radical (unpaired) electrons. The van der Waals surface area contributed by atoms with Crippen LogP contribution in [0.5, 0.6) is 0 Å². The lowest BCUT2D eigenvalue weighted by molar-refractivity contribution is 0.189. The van der Waals surface area contributed by atoms with Crippen molar-refractivity contribution >= 4 is 0 Å². The van der Waals surface area contributed by atoms with Crippen LogP contribution in [0.1, 0.15) is 104 Å². The lowest BCUT2D eigenvalue weighted by atomic mass is 9.73. The molecule has 1 aromatic carbocycles. The summed E-state index contributed by atoms with van der Waals surface area (Å²) in [5.74, 6) is 5.17. The Balaban J connectivity index is 0.000000240. The molecule has 2 rings (SSSR count). The van der Waals surface area contributed by atoms with Gasteiger partial charge in [-0.2, -0.15) is 0 Å². The summed E-state index contributed by atoms with van der Waals surface area (Å²) in [6, 6.07) is 8.94. The number of rotatable bonds is 4. The van der Waals surface area contributed by atoms with Crippen LogP contribution >= 0.6 is 0 Å². The van der Waals surface area contributed by atoms with Crippen LogP contribution in [0, 0.1) is 23.7 Å². The predicted molar refractivity (Wildman–Crippen MR) is 110 cm³/mol. The van der Waals surface area contributed by atoms with E-state index in [9.17, 15) is 0 Å². The van der Waals surface area contributed by atoms with E-state index in [0.717, 1.165) is 23.7 Å². The van der Waals surface area contributed by atoms with Gasteiger partial charge in [0.15, 0.2) is 0 Å². The molecule has 0 spiro atoms. The van der Waals surface area contributed by atoms with Crippen LogP contribution in [-0.4, -0.2) is 0 Å². The van der Waals surface area contributed by atoms with Gasteiger partial charge in [0.25, 0.3) is 0 Å². The molecule has 0 saturated heterocycles. The quantitative estimate of drug-likeness (QED) is 0.524. The Morgan fingerprint density at radius 2 is 0.792 bits per heavy atom. The standard InChI is InChI=1S/C12H24.C12H18/c2*1-9(2)11-5-7-12(8-6-11)10(3)4/h9-12H,5-8H2,1-4H3;5-10H,1-4H3. The molecule has 0 atom stereocenters. The van der Waals surface area contributed by atoms with Crippen molar-refractivity contribution in [3.8, 4) is 0 Å². The Labute approximate surface area is 152 Å². The lowest BCUT2D eigenvalue weighted by Gasteiger charge is -2.32. The second-order valence-corrected chi connectivity index (χ2v) is 9.14. The van der Waals surface area contributed by atoms with Crippen molar-refractivity contribution in [3.63, 3.8) is 0 Å². The number of hydrogen-bond donors (Lipinski definition) is 0. The first-order chi connectivity index (χ1) is 11.2. The van der Waals surface area contributed by atoms with Gasteiger partial charge in [0.2, 0.25) is 0 Å². The summed E-state index contributed by atoms with van der Waals surface area (Å²) in [6.45, 7) is 18.4. The minimum Gasteiger partial charge on any atom is -0.0625 e. The van der Waals surface area contributed by atoms with E-state index in [1.165, 1.54) is 36.8 Å². The van der Waals surface area contributed by atoms with Gasteiger partial charge in [-0.1, -0.05) is 79.7 Å². The average Bonchev–Trinajstić information content (AvgIpc) is 2.55. The van der Waals surface area contributed by atoms with E-state index in [4.69, 9.17) is 0 Å². The topological polar surface area (TPSA) is 0 Å². The highest BCUT2D eigenvalue weighted by molar-refractivity contribution is 5.26. The maximum Gasteiger partial charge on any atom is -0.0219 e. The highest BCUT2D eigenvalue weighted by atomic mass is 14.3. The van der Waals surface area contributed by atoms with Gasteiger partial charge in [0.1, 0.15) is 0 Å². The Bertz CT molecular complexity index is 385. The van der Waals surface area contributed by atoms with Crippen LogP contribution in [0.2, 0.25) is 0 Å². The lowest BCUT2D eigenvalue weighted by Crippen LogP contribution is -2.21. The SMILES string of the molecule is CC(C)C1CCC(C(C)C)CC1.CC(C)c1ccc(C(C)C)cc1. The molecular formula is C24H42. The Morgan fingerprint density at radius 3 is 0.958 bits per heavy atom. The van der Waals surface area contributed by atoms with Crippen molar-refractivity contribution in [1.29, 1.82) is 0 Å². The van der Waals surface area contributed by atoms with E-state index in [0.29, 0.717) is 11.8 Å². The average molecular weight is 331 g/mol. The highest BCUT2D eigenvalue weighted by Gasteiger charge is 2.24. The molecule has 0 amide bonds. The maximum atomic E-state index is 2.38. The summed E-state index contributed by atoms with van der Waals surface area (Å²) in [6.07, 6.45) is 5.95. The van der Waals surface area contributed by atoms with Crippen LogP contribution in [0.15, 0.2) is 24.3 Å². The molecule has 0 heterocycles. The van der Waals surface area contributed by atoms with Crippen molar-refractivity contribution in [2.45, 2.75) is 92.9 Å². The first-order valence-corrected chi connectivity index (χ1v) is 10.3. The minimum atomic E-state index is 0.645. The van der Waals surface area contributed by atoms with Crippen molar-refractivity contribution < 1.29 is 0 Å². The summed E-state index contributed by atoms with van der Waals surface area (Å²) in [4.78, 5) is 0. The van der Waals surface area contributed by atoms with Crippen molar-refractivity contribution in [2.24, 2.45) is 23.7 Å². The van der Waals surface area contributed by atoms with Gasteiger partial charge >= 0.3 is 0 Å². The second kappa shape index (κ2) is 10.3. The Morgan fingerprint density at radius 1 is 0.542 bits per heavy atom. The molecule has 0 nitrogen and oxygen atoms in total. The summed E-state index contributed by atoms with van der Waals surface area (Å²) in [5.41, 5.74) is 2.86. The van der Waals surface area contributed by atoms with Crippen LogP contribution in [0.25, 0.3) is 0 Å². The fraction of sp³-hybridized carbons (Fsp3) is 0.750. The molecule has 0 aromatic heterocycles. The van der Waals surface area contributed by atoms with Gasteiger partial charge in [0, 0.05) is 0 Å². The van der Waals surface area contributed by atoms with E-state index in [1.54, 1.807) is 0 Å². The highest BCUT2D eigenvalue weighted by Crippen LogP contribution is 2.36. The van der Waals surface area contributed by atoms with Gasteiger partial charge in [-0.3, -0.25) is 0 Å². The van der Waals surface area contributed by atoms with Crippen LogP contribution in [-0.2, 0) is 0 Å². The summed E-state index contributed by atoms with van der Waals surface area (Å²) >= 11 is 0. The fourth-order valence-corrected chi connectivity index (χ4v) is 3.74. The second-order valence-electron chi connectivity index (χ2n) is 9.14. The minimum absolute atomic E-state index is 0.645. The van der Waals surface area contributed by atoms with Gasteiger partial charge in [-0.05, 0) is 72.3 Å². The van der Waals surface area contributed by atoms with Crippen molar-refractivity contribution in [3.05, 3.63) is 35.4 Å².